The summed E-state index contributed by atoms with van der Waals surface area (Å²) in [6.07, 6.45) is 3.51. The fraction of sp³-hybridized carbons (Fsp3) is 0.625. The molecule has 2 rings (SSSR count). The van der Waals surface area contributed by atoms with E-state index in [4.69, 9.17) is 9.47 Å². The Morgan fingerprint density at radius 3 is 2.28 bits per heavy atom. The third kappa shape index (κ3) is 3.33. The van der Waals surface area contributed by atoms with Gasteiger partial charge in [0.05, 0.1) is 26.4 Å². The third-order valence-electron chi connectivity index (χ3n) is 3.81. The molecule has 2 nitrogen and oxygen atoms in total. The zero-order valence-electron chi connectivity index (χ0n) is 11.6. The van der Waals surface area contributed by atoms with Gasteiger partial charge < -0.3 is 9.47 Å². The Hall–Kier alpha value is -0.860. The predicted octanol–water partition coefficient (Wildman–Crippen LogP) is 3.58. The van der Waals surface area contributed by atoms with Crippen LogP contribution >= 0.6 is 0 Å². The van der Waals surface area contributed by atoms with E-state index in [0.717, 1.165) is 32.7 Å². The monoisotopic (exact) mass is 248 g/mol. The van der Waals surface area contributed by atoms with Crippen LogP contribution in [0.5, 0.6) is 0 Å². The summed E-state index contributed by atoms with van der Waals surface area (Å²) in [6.45, 7) is 7.68. The minimum absolute atomic E-state index is 0.294. The maximum atomic E-state index is 5.84. The van der Waals surface area contributed by atoms with Gasteiger partial charge in [0.2, 0.25) is 0 Å². The molecule has 1 aromatic carbocycles. The summed E-state index contributed by atoms with van der Waals surface area (Å²) in [5, 5.41) is 0. The Morgan fingerprint density at radius 1 is 1.11 bits per heavy atom. The Kier molecular flexibility index (Phi) is 4.79. The topological polar surface area (TPSA) is 18.5 Å². The SMILES string of the molecule is CCCc1ccc(COCC2(CC)COC2)cc1. The van der Waals surface area contributed by atoms with Crippen LogP contribution in [0.1, 0.15) is 37.8 Å². The number of hydrogen-bond donors (Lipinski definition) is 0. The van der Waals surface area contributed by atoms with Gasteiger partial charge in [0.25, 0.3) is 0 Å². The van der Waals surface area contributed by atoms with Crippen molar-refractivity contribution in [2.45, 2.75) is 39.7 Å². The minimum Gasteiger partial charge on any atom is -0.380 e. The second kappa shape index (κ2) is 6.35. The highest BCUT2D eigenvalue weighted by molar-refractivity contribution is 5.22. The van der Waals surface area contributed by atoms with E-state index >= 15 is 0 Å². The van der Waals surface area contributed by atoms with E-state index in [1.54, 1.807) is 0 Å². The van der Waals surface area contributed by atoms with E-state index in [-0.39, 0.29) is 0 Å². The quantitative estimate of drug-likeness (QED) is 0.734. The Bertz CT molecular complexity index is 346. The summed E-state index contributed by atoms with van der Waals surface area (Å²) in [7, 11) is 0. The molecule has 1 saturated heterocycles. The first-order chi connectivity index (χ1) is 8.78. The van der Waals surface area contributed by atoms with E-state index in [1.165, 1.54) is 17.5 Å². The highest BCUT2D eigenvalue weighted by Crippen LogP contribution is 2.31. The molecule has 0 unspecified atom stereocenters. The molecule has 0 aliphatic carbocycles. The summed E-state index contributed by atoms with van der Waals surface area (Å²) in [4.78, 5) is 0. The summed E-state index contributed by atoms with van der Waals surface area (Å²) in [6, 6.07) is 8.79. The van der Waals surface area contributed by atoms with Gasteiger partial charge in [0.1, 0.15) is 0 Å². The van der Waals surface area contributed by atoms with E-state index in [0.29, 0.717) is 12.0 Å². The van der Waals surface area contributed by atoms with Crippen molar-refractivity contribution in [3.63, 3.8) is 0 Å². The predicted molar refractivity (Wildman–Crippen MR) is 73.6 cm³/mol. The minimum atomic E-state index is 0.294. The summed E-state index contributed by atoms with van der Waals surface area (Å²) >= 11 is 0. The Morgan fingerprint density at radius 2 is 1.78 bits per heavy atom. The smallest absolute Gasteiger partial charge is 0.0717 e. The van der Waals surface area contributed by atoms with Crippen LogP contribution in [-0.4, -0.2) is 19.8 Å². The van der Waals surface area contributed by atoms with Crippen LogP contribution in [0.3, 0.4) is 0 Å². The Labute approximate surface area is 110 Å². The summed E-state index contributed by atoms with van der Waals surface area (Å²) in [5.41, 5.74) is 2.97. The lowest BCUT2D eigenvalue weighted by Crippen LogP contribution is -2.45. The van der Waals surface area contributed by atoms with Crippen LogP contribution in [0, 0.1) is 5.41 Å². The molecule has 0 aromatic heterocycles. The fourth-order valence-electron chi connectivity index (χ4n) is 2.26. The van der Waals surface area contributed by atoms with Gasteiger partial charge in [-0.25, -0.2) is 0 Å². The lowest BCUT2D eigenvalue weighted by molar-refractivity contribution is -0.152. The van der Waals surface area contributed by atoms with E-state index in [1.807, 2.05) is 0 Å². The number of aryl methyl sites for hydroxylation is 1. The zero-order chi connectivity index (χ0) is 12.8. The van der Waals surface area contributed by atoms with Crippen molar-refractivity contribution in [3.8, 4) is 0 Å². The Balaban J connectivity index is 1.76. The van der Waals surface area contributed by atoms with Gasteiger partial charge in [-0.15, -0.1) is 0 Å². The average Bonchev–Trinajstić information content (AvgIpc) is 2.35. The normalized spacial score (nSPS) is 17.4. The van der Waals surface area contributed by atoms with Gasteiger partial charge in [0.15, 0.2) is 0 Å². The highest BCUT2D eigenvalue weighted by Gasteiger charge is 2.36. The second-order valence-electron chi connectivity index (χ2n) is 5.41. The second-order valence-corrected chi connectivity index (χ2v) is 5.41. The molecule has 2 heteroatoms. The van der Waals surface area contributed by atoms with E-state index in [9.17, 15) is 0 Å². The molecule has 0 radical (unpaired) electrons. The van der Waals surface area contributed by atoms with Crippen LogP contribution < -0.4 is 0 Å². The number of ether oxygens (including phenoxy) is 2. The van der Waals surface area contributed by atoms with Gasteiger partial charge in [0, 0.05) is 5.41 Å². The van der Waals surface area contributed by atoms with Crippen LogP contribution in [0.25, 0.3) is 0 Å². The van der Waals surface area contributed by atoms with Crippen molar-refractivity contribution in [2.75, 3.05) is 19.8 Å². The van der Waals surface area contributed by atoms with Gasteiger partial charge >= 0.3 is 0 Å². The molecule has 0 bridgehead atoms. The molecule has 1 aliphatic heterocycles. The van der Waals surface area contributed by atoms with Crippen molar-refractivity contribution in [2.24, 2.45) is 5.41 Å². The van der Waals surface area contributed by atoms with Crippen LogP contribution in [0.15, 0.2) is 24.3 Å². The first-order valence-electron chi connectivity index (χ1n) is 7.01. The van der Waals surface area contributed by atoms with Gasteiger partial charge in [-0.2, -0.15) is 0 Å². The first kappa shape index (κ1) is 13.6. The molecular formula is C16H24O2. The molecule has 1 aromatic rings. The van der Waals surface area contributed by atoms with Crippen molar-refractivity contribution in [3.05, 3.63) is 35.4 Å². The molecule has 0 saturated carbocycles. The van der Waals surface area contributed by atoms with Crippen molar-refractivity contribution < 1.29 is 9.47 Å². The average molecular weight is 248 g/mol. The molecular weight excluding hydrogens is 224 g/mol. The number of hydrogen-bond acceptors (Lipinski definition) is 2. The molecule has 0 spiro atoms. The third-order valence-corrected chi connectivity index (χ3v) is 3.81. The van der Waals surface area contributed by atoms with Crippen molar-refractivity contribution in [1.29, 1.82) is 0 Å². The molecule has 18 heavy (non-hydrogen) atoms. The van der Waals surface area contributed by atoms with Crippen LogP contribution in [-0.2, 0) is 22.5 Å². The zero-order valence-corrected chi connectivity index (χ0v) is 11.6. The van der Waals surface area contributed by atoms with Crippen molar-refractivity contribution in [1.82, 2.24) is 0 Å². The molecule has 100 valence electrons. The molecule has 1 fully saturated rings. The standard InChI is InChI=1S/C16H24O2/c1-3-5-14-6-8-15(9-7-14)10-17-11-16(4-2)12-18-13-16/h6-9H,3-5,10-13H2,1-2H3. The lowest BCUT2D eigenvalue weighted by Gasteiger charge is -2.40. The summed E-state index contributed by atoms with van der Waals surface area (Å²) < 4.78 is 11.1. The first-order valence-corrected chi connectivity index (χ1v) is 7.01. The van der Waals surface area contributed by atoms with Crippen molar-refractivity contribution >= 4 is 0 Å². The molecule has 0 N–H and O–H groups in total. The van der Waals surface area contributed by atoms with Crippen LogP contribution in [0.4, 0.5) is 0 Å². The fourth-order valence-corrected chi connectivity index (χ4v) is 2.26. The highest BCUT2D eigenvalue weighted by atomic mass is 16.5. The van der Waals surface area contributed by atoms with Gasteiger partial charge in [-0.1, -0.05) is 44.5 Å². The van der Waals surface area contributed by atoms with E-state index < -0.39 is 0 Å². The maximum Gasteiger partial charge on any atom is 0.0717 e. The molecule has 1 heterocycles. The number of rotatable bonds is 7. The number of benzene rings is 1. The lowest BCUT2D eigenvalue weighted by atomic mass is 9.84. The summed E-state index contributed by atoms with van der Waals surface area (Å²) in [5.74, 6) is 0. The van der Waals surface area contributed by atoms with Crippen LogP contribution in [0.2, 0.25) is 0 Å². The largest absolute Gasteiger partial charge is 0.380 e. The molecule has 1 aliphatic rings. The van der Waals surface area contributed by atoms with Gasteiger partial charge in [-0.05, 0) is 24.0 Å². The van der Waals surface area contributed by atoms with Gasteiger partial charge in [-0.3, -0.25) is 0 Å². The maximum absolute atomic E-state index is 5.84. The molecule has 0 amide bonds. The molecule has 0 atom stereocenters. The van der Waals surface area contributed by atoms with E-state index in [2.05, 4.69) is 38.1 Å².